The van der Waals surface area contributed by atoms with Crippen molar-refractivity contribution in [1.29, 1.82) is 0 Å². The quantitative estimate of drug-likeness (QED) is 0.551. The van der Waals surface area contributed by atoms with E-state index in [0.29, 0.717) is 23.9 Å². The SMILES string of the molecule is C\C=C/C(OC)=C(OCc1ccccc1)\C(=C/C)OC. The van der Waals surface area contributed by atoms with Gasteiger partial charge in [-0.15, -0.1) is 0 Å². The first-order valence-electron chi connectivity index (χ1n) is 6.55. The molecule has 0 bridgehead atoms. The zero-order valence-electron chi connectivity index (χ0n) is 12.6. The minimum atomic E-state index is 0.460. The van der Waals surface area contributed by atoms with E-state index >= 15 is 0 Å². The van der Waals surface area contributed by atoms with Gasteiger partial charge in [0.15, 0.2) is 11.5 Å². The summed E-state index contributed by atoms with van der Waals surface area (Å²) in [5.41, 5.74) is 1.09. The molecule has 20 heavy (non-hydrogen) atoms. The van der Waals surface area contributed by atoms with Crippen LogP contribution in [0.15, 0.2) is 65.8 Å². The average Bonchev–Trinajstić information content (AvgIpc) is 2.50. The molecule has 0 amide bonds. The van der Waals surface area contributed by atoms with Crippen molar-refractivity contribution in [3.8, 4) is 0 Å². The van der Waals surface area contributed by atoms with E-state index in [-0.39, 0.29) is 0 Å². The van der Waals surface area contributed by atoms with E-state index < -0.39 is 0 Å². The minimum absolute atomic E-state index is 0.460. The van der Waals surface area contributed by atoms with Crippen molar-refractivity contribution in [3.05, 3.63) is 71.4 Å². The second-order valence-electron chi connectivity index (χ2n) is 4.03. The van der Waals surface area contributed by atoms with Crippen LogP contribution < -0.4 is 0 Å². The summed E-state index contributed by atoms with van der Waals surface area (Å²) in [6.07, 6.45) is 5.60. The van der Waals surface area contributed by atoms with Gasteiger partial charge >= 0.3 is 0 Å². The lowest BCUT2D eigenvalue weighted by Crippen LogP contribution is -2.04. The zero-order chi connectivity index (χ0) is 14.8. The zero-order valence-corrected chi connectivity index (χ0v) is 12.6. The Balaban J connectivity index is 3.00. The monoisotopic (exact) mass is 274 g/mol. The van der Waals surface area contributed by atoms with Crippen molar-refractivity contribution in [1.82, 2.24) is 0 Å². The molecule has 0 aliphatic rings. The fourth-order valence-corrected chi connectivity index (χ4v) is 1.72. The van der Waals surface area contributed by atoms with Crippen molar-refractivity contribution < 1.29 is 14.2 Å². The van der Waals surface area contributed by atoms with Crippen LogP contribution in [0, 0.1) is 0 Å². The molecule has 108 valence electrons. The Labute approximate surface area is 121 Å². The molecule has 3 nitrogen and oxygen atoms in total. The lowest BCUT2D eigenvalue weighted by Gasteiger charge is -2.15. The van der Waals surface area contributed by atoms with E-state index in [1.165, 1.54) is 0 Å². The molecule has 0 saturated carbocycles. The molecule has 0 fully saturated rings. The standard InChI is InChI=1S/C17H22O3/c1-5-10-16(19-4)17(15(6-2)18-3)20-13-14-11-8-7-9-12-14/h5-12H,13H2,1-4H3/b10-5-,15-6+,17-16-. The Morgan fingerprint density at radius 2 is 1.75 bits per heavy atom. The van der Waals surface area contributed by atoms with Crippen LogP contribution in [0.3, 0.4) is 0 Å². The lowest BCUT2D eigenvalue weighted by molar-refractivity contribution is 0.144. The summed E-state index contributed by atoms with van der Waals surface area (Å²) in [6.45, 7) is 4.28. The molecular formula is C17H22O3. The predicted molar refractivity (Wildman–Crippen MR) is 80.8 cm³/mol. The highest BCUT2D eigenvalue weighted by Gasteiger charge is 2.13. The third-order valence-corrected chi connectivity index (χ3v) is 2.69. The molecule has 3 heteroatoms. The van der Waals surface area contributed by atoms with Crippen molar-refractivity contribution in [2.45, 2.75) is 20.5 Å². The second-order valence-corrected chi connectivity index (χ2v) is 4.03. The molecule has 0 saturated heterocycles. The number of allylic oxidation sites excluding steroid dienone is 3. The molecule has 0 N–H and O–H groups in total. The minimum Gasteiger partial charge on any atom is -0.493 e. The number of benzene rings is 1. The highest BCUT2D eigenvalue weighted by atomic mass is 16.5. The maximum atomic E-state index is 5.89. The van der Waals surface area contributed by atoms with Gasteiger partial charge in [0, 0.05) is 0 Å². The number of hydrogen-bond acceptors (Lipinski definition) is 3. The van der Waals surface area contributed by atoms with Crippen LogP contribution in [0.25, 0.3) is 0 Å². The van der Waals surface area contributed by atoms with Crippen molar-refractivity contribution in [2.24, 2.45) is 0 Å². The predicted octanol–water partition coefficient (Wildman–Crippen LogP) is 4.19. The van der Waals surface area contributed by atoms with E-state index in [0.717, 1.165) is 5.56 Å². The van der Waals surface area contributed by atoms with E-state index in [1.54, 1.807) is 14.2 Å². The molecule has 0 atom stereocenters. The maximum absolute atomic E-state index is 5.89. The number of ether oxygens (including phenoxy) is 3. The van der Waals surface area contributed by atoms with Gasteiger partial charge in [-0.2, -0.15) is 0 Å². The molecule has 0 aromatic heterocycles. The Bertz CT molecular complexity index is 484. The third kappa shape index (κ3) is 4.50. The van der Waals surface area contributed by atoms with Gasteiger partial charge in [0.25, 0.3) is 0 Å². The molecule has 0 spiro atoms. The van der Waals surface area contributed by atoms with E-state index in [2.05, 4.69) is 0 Å². The Kier molecular flexibility index (Phi) is 7.04. The van der Waals surface area contributed by atoms with Gasteiger partial charge < -0.3 is 14.2 Å². The fourth-order valence-electron chi connectivity index (χ4n) is 1.72. The highest BCUT2D eigenvalue weighted by molar-refractivity contribution is 5.29. The molecule has 0 radical (unpaired) electrons. The summed E-state index contributed by atoms with van der Waals surface area (Å²) >= 11 is 0. The second kappa shape index (κ2) is 8.86. The van der Waals surface area contributed by atoms with Crippen LogP contribution >= 0.6 is 0 Å². The highest BCUT2D eigenvalue weighted by Crippen LogP contribution is 2.20. The van der Waals surface area contributed by atoms with Gasteiger partial charge in [-0.05, 0) is 31.6 Å². The summed E-state index contributed by atoms with van der Waals surface area (Å²) in [5, 5.41) is 0. The molecular weight excluding hydrogens is 252 g/mol. The van der Waals surface area contributed by atoms with Crippen molar-refractivity contribution in [2.75, 3.05) is 14.2 Å². The molecule has 1 aromatic rings. The summed E-state index contributed by atoms with van der Waals surface area (Å²) in [7, 11) is 3.23. The third-order valence-electron chi connectivity index (χ3n) is 2.69. The van der Waals surface area contributed by atoms with Crippen LogP contribution in [0.5, 0.6) is 0 Å². The first-order valence-corrected chi connectivity index (χ1v) is 6.55. The van der Waals surface area contributed by atoms with E-state index in [1.807, 2.05) is 62.4 Å². The van der Waals surface area contributed by atoms with Gasteiger partial charge in [0.05, 0.1) is 14.2 Å². The van der Waals surface area contributed by atoms with Gasteiger partial charge in [-0.25, -0.2) is 0 Å². The van der Waals surface area contributed by atoms with Crippen LogP contribution in [0.2, 0.25) is 0 Å². The van der Waals surface area contributed by atoms with Gasteiger partial charge in [0.2, 0.25) is 5.76 Å². The molecule has 1 rings (SSSR count). The first-order chi connectivity index (χ1) is 9.76. The first kappa shape index (κ1) is 15.9. The summed E-state index contributed by atoms with van der Waals surface area (Å²) in [6, 6.07) is 9.98. The van der Waals surface area contributed by atoms with Crippen LogP contribution in [-0.4, -0.2) is 14.2 Å². The molecule has 1 aromatic carbocycles. The summed E-state index contributed by atoms with van der Waals surface area (Å²) < 4.78 is 16.6. The van der Waals surface area contributed by atoms with Gasteiger partial charge in [-0.3, -0.25) is 0 Å². The Morgan fingerprint density at radius 3 is 2.25 bits per heavy atom. The van der Waals surface area contributed by atoms with Gasteiger partial charge in [0.1, 0.15) is 6.61 Å². The van der Waals surface area contributed by atoms with Gasteiger partial charge in [-0.1, -0.05) is 36.4 Å². The number of hydrogen-bond donors (Lipinski definition) is 0. The molecule has 0 heterocycles. The van der Waals surface area contributed by atoms with Crippen molar-refractivity contribution >= 4 is 0 Å². The summed E-state index contributed by atoms with van der Waals surface area (Å²) in [5.74, 6) is 1.88. The van der Waals surface area contributed by atoms with Crippen LogP contribution in [0.4, 0.5) is 0 Å². The lowest BCUT2D eigenvalue weighted by atomic mass is 10.2. The molecule has 0 unspecified atom stereocenters. The topological polar surface area (TPSA) is 27.7 Å². The normalized spacial score (nSPS) is 13.1. The molecule has 0 aliphatic carbocycles. The largest absolute Gasteiger partial charge is 0.493 e. The van der Waals surface area contributed by atoms with E-state index in [4.69, 9.17) is 14.2 Å². The molecule has 0 aliphatic heterocycles. The number of methoxy groups -OCH3 is 2. The smallest absolute Gasteiger partial charge is 0.203 e. The van der Waals surface area contributed by atoms with E-state index in [9.17, 15) is 0 Å². The Morgan fingerprint density at radius 1 is 1.05 bits per heavy atom. The van der Waals surface area contributed by atoms with Crippen LogP contribution in [-0.2, 0) is 20.8 Å². The maximum Gasteiger partial charge on any atom is 0.203 e. The number of rotatable bonds is 7. The fraction of sp³-hybridized carbons (Fsp3) is 0.294. The average molecular weight is 274 g/mol. The van der Waals surface area contributed by atoms with Crippen LogP contribution in [0.1, 0.15) is 19.4 Å². The Hall–Kier alpha value is -2.16. The summed E-state index contributed by atoms with van der Waals surface area (Å²) in [4.78, 5) is 0. The van der Waals surface area contributed by atoms with Crippen molar-refractivity contribution in [3.63, 3.8) is 0 Å².